The summed E-state index contributed by atoms with van der Waals surface area (Å²) in [5.41, 5.74) is 1.36. The Morgan fingerprint density at radius 1 is 1.10 bits per heavy atom. The van der Waals surface area contributed by atoms with Crippen molar-refractivity contribution in [2.75, 3.05) is 24.5 Å². The predicted octanol–water partition coefficient (Wildman–Crippen LogP) is 3.66. The molecule has 2 aromatic carbocycles. The van der Waals surface area contributed by atoms with E-state index in [9.17, 15) is 0 Å². The van der Waals surface area contributed by atoms with Gasteiger partial charge in [-0.1, -0.05) is 44.2 Å². The molecule has 2 heteroatoms. The zero-order valence-corrected chi connectivity index (χ0v) is 12.5. The minimum Gasteiger partial charge on any atom is -0.370 e. The van der Waals surface area contributed by atoms with E-state index in [1.807, 2.05) is 0 Å². The molecule has 2 nitrogen and oxygen atoms in total. The van der Waals surface area contributed by atoms with Crippen LogP contribution in [0.15, 0.2) is 42.5 Å². The third-order valence-corrected chi connectivity index (χ3v) is 4.33. The second-order valence-corrected chi connectivity index (χ2v) is 6.14. The average Bonchev–Trinajstić information content (AvgIpc) is 2.73. The smallest absolute Gasteiger partial charge is 0.0373 e. The van der Waals surface area contributed by atoms with Gasteiger partial charge in [-0.3, -0.25) is 0 Å². The number of fused-ring (bicyclic) bond motifs is 1. The highest BCUT2D eigenvalue weighted by atomic mass is 15.2. The van der Waals surface area contributed by atoms with Gasteiger partial charge in [0, 0.05) is 24.8 Å². The zero-order chi connectivity index (χ0) is 13.9. The monoisotopic (exact) mass is 268 g/mol. The maximum Gasteiger partial charge on any atom is 0.0373 e. The Balaban J connectivity index is 1.88. The summed E-state index contributed by atoms with van der Waals surface area (Å²) in [6.07, 6.45) is 1.22. The largest absolute Gasteiger partial charge is 0.370 e. The van der Waals surface area contributed by atoms with Crippen molar-refractivity contribution >= 4 is 16.5 Å². The molecule has 1 heterocycles. The van der Waals surface area contributed by atoms with E-state index < -0.39 is 0 Å². The van der Waals surface area contributed by atoms with Crippen LogP contribution in [0.3, 0.4) is 0 Å². The lowest BCUT2D eigenvalue weighted by molar-refractivity contribution is 0.420. The minimum atomic E-state index is 0.587. The van der Waals surface area contributed by atoms with E-state index in [1.54, 1.807) is 0 Å². The molecular weight excluding hydrogens is 244 g/mol. The van der Waals surface area contributed by atoms with Crippen molar-refractivity contribution in [2.24, 2.45) is 5.92 Å². The van der Waals surface area contributed by atoms with E-state index in [-0.39, 0.29) is 0 Å². The van der Waals surface area contributed by atoms with Gasteiger partial charge in [-0.25, -0.2) is 0 Å². The van der Waals surface area contributed by atoms with Crippen molar-refractivity contribution in [2.45, 2.75) is 26.3 Å². The second kappa shape index (κ2) is 5.84. The van der Waals surface area contributed by atoms with Crippen LogP contribution in [0.1, 0.15) is 20.3 Å². The van der Waals surface area contributed by atoms with E-state index in [2.05, 4.69) is 66.5 Å². The Morgan fingerprint density at radius 2 is 1.90 bits per heavy atom. The number of benzene rings is 2. The average molecular weight is 268 g/mol. The fraction of sp³-hybridized carbons (Fsp3) is 0.444. The van der Waals surface area contributed by atoms with E-state index in [1.165, 1.54) is 22.9 Å². The third-order valence-electron chi connectivity index (χ3n) is 4.33. The van der Waals surface area contributed by atoms with E-state index in [4.69, 9.17) is 0 Å². The number of nitrogens with zero attached hydrogens (tertiary/aromatic N) is 1. The standard InChI is InChI=1S/C18H24N2/c1-14(2)18-13-20(11-5-10-19-18)17-9-8-15-6-3-4-7-16(15)12-17/h3-4,6-9,12,14,18-19H,5,10-11,13H2,1-2H3. The Bertz CT molecular complexity index is 576. The molecule has 0 saturated carbocycles. The number of anilines is 1. The normalized spacial score (nSPS) is 20.4. The lowest BCUT2D eigenvalue weighted by Gasteiger charge is -2.28. The molecule has 3 rings (SSSR count). The van der Waals surface area contributed by atoms with E-state index >= 15 is 0 Å². The number of hydrogen-bond acceptors (Lipinski definition) is 2. The van der Waals surface area contributed by atoms with Crippen LogP contribution in [0, 0.1) is 5.92 Å². The molecule has 0 radical (unpaired) electrons. The lowest BCUT2D eigenvalue weighted by atomic mass is 10.0. The molecule has 0 amide bonds. The molecule has 1 aliphatic heterocycles. The Morgan fingerprint density at radius 3 is 2.70 bits per heavy atom. The van der Waals surface area contributed by atoms with Gasteiger partial charge in [-0.2, -0.15) is 0 Å². The molecule has 1 aliphatic rings. The number of hydrogen-bond donors (Lipinski definition) is 1. The van der Waals surface area contributed by atoms with Crippen molar-refractivity contribution in [3.63, 3.8) is 0 Å². The summed E-state index contributed by atoms with van der Waals surface area (Å²) in [5.74, 6) is 0.677. The zero-order valence-electron chi connectivity index (χ0n) is 12.5. The van der Waals surface area contributed by atoms with Crippen LogP contribution in [0.5, 0.6) is 0 Å². The first-order valence-corrected chi connectivity index (χ1v) is 7.71. The van der Waals surface area contributed by atoms with Crippen LogP contribution in [0.2, 0.25) is 0 Å². The van der Waals surface area contributed by atoms with Crippen LogP contribution < -0.4 is 10.2 Å². The van der Waals surface area contributed by atoms with Crippen molar-refractivity contribution in [3.8, 4) is 0 Å². The molecular formula is C18H24N2. The van der Waals surface area contributed by atoms with Gasteiger partial charge >= 0.3 is 0 Å². The van der Waals surface area contributed by atoms with Gasteiger partial charge in [0.2, 0.25) is 0 Å². The number of rotatable bonds is 2. The molecule has 1 fully saturated rings. The highest BCUT2D eigenvalue weighted by molar-refractivity contribution is 5.85. The van der Waals surface area contributed by atoms with Gasteiger partial charge in [-0.05, 0) is 41.8 Å². The van der Waals surface area contributed by atoms with Gasteiger partial charge in [0.05, 0.1) is 0 Å². The Kier molecular flexibility index (Phi) is 3.93. The predicted molar refractivity (Wildman–Crippen MR) is 87.4 cm³/mol. The molecule has 0 spiro atoms. The van der Waals surface area contributed by atoms with Crippen LogP contribution in [-0.2, 0) is 0 Å². The highest BCUT2D eigenvalue weighted by Gasteiger charge is 2.20. The van der Waals surface area contributed by atoms with Crippen LogP contribution in [-0.4, -0.2) is 25.7 Å². The molecule has 2 aromatic rings. The third kappa shape index (κ3) is 2.80. The quantitative estimate of drug-likeness (QED) is 0.894. The van der Waals surface area contributed by atoms with Crippen molar-refractivity contribution in [1.82, 2.24) is 5.32 Å². The topological polar surface area (TPSA) is 15.3 Å². The molecule has 1 atom stereocenters. The lowest BCUT2D eigenvalue weighted by Crippen LogP contribution is -2.41. The molecule has 20 heavy (non-hydrogen) atoms. The summed E-state index contributed by atoms with van der Waals surface area (Å²) in [7, 11) is 0. The maximum absolute atomic E-state index is 3.68. The van der Waals surface area contributed by atoms with Crippen molar-refractivity contribution in [1.29, 1.82) is 0 Å². The van der Waals surface area contributed by atoms with Crippen LogP contribution in [0.4, 0.5) is 5.69 Å². The Hall–Kier alpha value is -1.54. The maximum atomic E-state index is 3.68. The van der Waals surface area contributed by atoms with Gasteiger partial charge in [0.15, 0.2) is 0 Å². The van der Waals surface area contributed by atoms with Gasteiger partial charge in [-0.15, -0.1) is 0 Å². The summed E-state index contributed by atoms with van der Waals surface area (Å²) < 4.78 is 0. The second-order valence-electron chi connectivity index (χ2n) is 6.14. The first-order chi connectivity index (χ1) is 9.74. The Labute approximate surface area is 121 Å². The first-order valence-electron chi connectivity index (χ1n) is 7.71. The van der Waals surface area contributed by atoms with Gasteiger partial charge in [0.1, 0.15) is 0 Å². The van der Waals surface area contributed by atoms with E-state index in [0.29, 0.717) is 12.0 Å². The summed E-state index contributed by atoms with van der Waals surface area (Å²) in [4.78, 5) is 2.54. The van der Waals surface area contributed by atoms with Gasteiger partial charge in [0.25, 0.3) is 0 Å². The fourth-order valence-electron chi connectivity index (χ4n) is 3.01. The van der Waals surface area contributed by atoms with Crippen molar-refractivity contribution < 1.29 is 0 Å². The van der Waals surface area contributed by atoms with Crippen molar-refractivity contribution in [3.05, 3.63) is 42.5 Å². The molecule has 106 valence electrons. The first kappa shape index (κ1) is 13.4. The van der Waals surface area contributed by atoms with Crippen LogP contribution >= 0.6 is 0 Å². The SMILES string of the molecule is CC(C)C1CN(c2ccc3ccccc3c2)CCCN1. The summed E-state index contributed by atoms with van der Waals surface area (Å²) in [6.45, 7) is 8.00. The molecule has 1 saturated heterocycles. The summed E-state index contributed by atoms with van der Waals surface area (Å²) >= 11 is 0. The minimum absolute atomic E-state index is 0.587. The van der Waals surface area contributed by atoms with Crippen LogP contribution in [0.25, 0.3) is 10.8 Å². The summed E-state index contributed by atoms with van der Waals surface area (Å²) in [5, 5.41) is 6.34. The van der Waals surface area contributed by atoms with E-state index in [0.717, 1.165) is 19.6 Å². The highest BCUT2D eigenvalue weighted by Crippen LogP contribution is 2.24. The molecule has 0 aromatic heterocycles. The number of nitrogens with one attached hydrogen (secondary N) is 1. The molecule has 0 aliphatic carbocycles. The molecule has 1 unspecified atom stereocenters. The fourth-order valence-corrected chi connectivity index (χ4v) is 3.01. The molecule has 0 bridgehead atoms. The molecule has 1 N–H and O–H groups in total. The summed E-state index contributed by atoms with van der Waals surface area (Å²) in [6, 6.07) is 16.0. The van der Waals surface area contributed by atoms with Gasteiger partial charge < -0.3 is 10.2 Å².